The predicted molar refractivity (Wildman–Crippen MR) is 483 cm³/mol. The molecule has 0 spiro atoms. The molecule has 0 aliphatic rings. The van der Waals surface area contributed by atoms with Crippen molar-refractivity contribution >= 4 is 66.3 Å². The van der Waals surface area contributed by atoms with Crippen LogP contribution < -0.4 is 48.8 Å². The molecule has 10 rings (SSSR count). The highest BCUT2D eigenvalue weighted by atomic mass is 28.3. The lowest BCUT2D eigenvalue weighted by molar-refractivity contribution is -0.660. The maximum absolute atomic E-state index is 2.43. The van der Waals surface area contributed by atoms with E-state index in [-0.39, 0.29) is 5.41 Å². The van der Waals surface area contributed by atoms with Crippen LogP contribution in [0.4, 0.5) is 0 Å². The summed E-state index contributed by atoms with van der Waals surface area (Å²) < 4.78 is 11.2. The molecule has 0 bridgehead atoms. The molecular weight excluding hydrogens is 1380 g/mol. The summed E-state index contributed by atoms with van der Waals surface area (Å²) in [6.07, 6.45) is 14.6. The first-order valence-corrected chi connectivity index (χ1v) is 57.5. The van der Waals surface area contributed by atoms with Gasteiger partial charge in [-0.15, -0.1) is 0 Å². The molecule has 5 nitrogen and oxygen atoms in total. The highest BCUT2D eigenvalue weighted by Gasteiger charge is 2.28. The van der Waals surface area contributed by atoms with Gasteiger partial charge in [-0.2, -0.15) is 0 Å². The lowest BCUT2D eigenvalue weighted by atomic mass is 9.85. The van der Waals surface area contributed by atoms with Crippen LogP contribution in [0.3, 0.4) is 0 Å². The Morgan fingerprint density at radius 1 is 0.308 bits per heavy atom. The van der Waals surface area contributed by atoms with E-state index in [1.165, 1.54) is 151 Å². The Hall–Kier alpha value is -7.07. The van der Waals surface area contributed by atoms with Crippen molar-refractivity contribution in [2.24, 2.45) is 41.2 Å². The van der Waals surface area contributed by atoms with Gasteiger partial charge in [-0.25, -0.2) is 22.8 Å². The molecule has 107 heavy (non-hydrogen) atoms. The molecule has 0 unspecified atom stereocenters. The van der Waals surface area contributed by atoms with E-state index in [1.54, 1.807) is 0 Å². The van der Waals surface area contributed by atoms with Crippen LogP contribution in [0.5, 0.6) is 0 Å². The number of benzene rings is 5. The van der Waals surface area contributed by atoms with Crippen molar-refractivity contribution in [3.8, 4) is 56.3 Å². The maximum Gasteiger partial charge on any atom is 0.212 e. The number of rotatable bonds is 16. The topological polar surface area (TPSA) is 19.4 Å². The SMILES string of the molecule is CCC(CC)c1ccc(C)c(-c2cc([Si](C)(C)C)cc[n+]2C)c1.Cc1ccc(C(C)(C)C)cc1-c1cc([Si](C)(C)C)cc[n+]1C.Cc1ccc(C(C)C)cc1-c1cc([Si](C)(C)C)cc[n+]1C.Cc1ccc(C)c(-c2cc([Si](C)(C)C)cc[n+]2C)c1.Cc1ccc(CC(C)C)cc1-c1cc([Si](C)(C)C)cc[n+]1C. The summed E-state index contributed by atoms with van der Waals surface area (Å²) in [6, 6.07) is 57.9. The van der Waals surface area contributed by atoms with Gasteiger partial charge in [0.05, 0.1) is 40.4 Å². The van der Waals surface area contributed by atoms with Crippen molar-refractivity contribution in [2.75, 3.05) is 0 Å². The van der Waals surface area contributed by atoms with E-state index >= 15 is 0 Å². The van der Waals surface area contributed by atoms with Crippen LogP contribution in [-0.4, -0.2) is 40.4 Å². The van der Waals surface area contributed by atoms with Crippen LogP contribution in [-0.2, 0) is 47.1 Å². The molecule has 0 amide bonds. The zero-order valence-electron chi connectivity index (χ0n) is 73.9. The Morgan fingerprint density at radius 2 is 0.579 bits per heavy atom. The zero-order chi connectivity index (χ0) is 80.4. The van der Waals surface area contributed by atoms with Crippen LogP contribution in [0, 0.1) is 47.5 Å². The summed E-state index contributed by atoms with van der Waals surface area (Å²) in [5.74, 6) is 1.92. The summed E-state index contributed by atoms with van der Waals surface area (Å²) >= 11 is 0. The van der Waals surface area contributed by atoms with Crippen LogP contribution in [0.15, 0.2) is 183 Å². The Labute approximate surface area is 658 Å². The molecule has 0 fully saturated rings. The van der Waals surface area contributed by atoms with Crippen LogP contribution in [0.25, 0.3) is 56.3 Å². The molecule has 10 aromatic rings. The zero-order valence-corrected chi connectivity index (χ0v) is 78.9. The normalized spacial score (nSPS) is 12.1. The first kappa shape index (κ1) is 88.8. The average Bonchev–Trinajstić information content (AvgIpc) is 0.805. The minimum Gasteiger partial charge on any atom is -0.201 e. The molecular formula is C97H144N5Si5+5. The molecule has 0 aliphatic carbocycles. The minimum absolute atomic E-state index is 0.178. The van der Waals surface area contributed by atoms with E-state index in [0.29, 0.717) is 17.8 Å². The number of hydrogen-bond donors (Lipinski definition) is 0. The number of aromatic nitrogens is 5. The molecule has 0 radical (unpaired) electrons. The largest absolute Gasteiger partial charge is 0.212 e. The quantitative estimate of drug-likeness (QED) is 0.0679. The van der Waals surface area contributed by atoms with E-state index in [0.717, 1.165) is 6.42 Å². The Kier molecular flexibility index (Phi) is 30.4. The fraction of sp³-hybridized carbons (Fsp3) is 0.433. The molecule has 0 aliphatic heterocycles. The van der Waals surface area contributed by atoms with Crippen molar-refractivity contribution in [1.82, 2.24) is 0 Å². The fourth-order valence-electron chi connectivity index (χ4n) is 13.6. The van der Waals surface area contributed by atoms with Gasteiger partial charge in [0.25, 0.3) is 0 Å². The molecule has 5 aromatic carbocycles. The van der Waals surface area contributed by atoms with Gasteiger partial charge in [-0.05, 0) is 190 Å². The van der Waals surface area contributed by atoms with Gasteiger partial charge < -0.3 is 0 Å². The van der Waals surface area contributed by atoms with Gasteiger partial charge in [0, 0.05) is 88.5 Å². The Morgan fingerprint density at radius 3 is 0.879 bits per heavy atom. The second-order valence-corrected chi connectivity index (χ2v) is 63.4. The predicted octanol–water partition coefficient (Wildman–Crippen LogP) is 21.0. The second-order valence-electron chi connectivity index (χ2n) is 38.0. The summed E-state index contributed by atoms with van der Waals surface area (Å²) in [4.78, 5) is 0. The molecule has 0 saturated heterocycles. The van der Waals surface area contributed by atoms with Crippen molar-refractivity contribution in [3.05, 3.63) is 238 Å². The summed E-state index contributed by atoms with van der Waals surface area (Å²) in [5, 5.41) is 7.60. The summed E-state index contributed by atoms with van der Waals surface area (Å²) in [5.41, 5.74) is 27.5. The number of nitrogens with zero attached hydrogens (tertiary/aromatic N) is 5. The lowest BCUT2D eigenvalue weighted by Crippen LogP contribution is -2.42. The Balaban J connectivity index is 0.000000210. The molecule has 0 saturated carbocycles. The lowest BCUT2D eigenvalue weighted by Gasteiger charge is -2.21. The first-order valence-electron chi connectivity index (χ1n) is 40.0. The van der Waals surface area contributed by atoms with E-state index in [1.807, 2.05) is 0 Å². The summed E-state index contributed by atoms with van der Waals surface area (Å²) in [6.45, 7) is 69.8. The maximum atomic E-state index is 2.43. The molecule has 10 heteroatoms. The van der Waals surface area contributed by atoms with Crippen molar-refractivity contribution < 1.29 is 22.8 Å². The van der Waals surface area contributed by atoms with E-state index in [9.17, 15) is 0 Å². The van der Waals surface area contributed by atoms with E-state index in [4.69, 9.17) is 0 Å². The highest BCUT2D eigenvalue weighted by molar-refractivity contribution is 6.90. The smallest absolute Gasteiger partial charge is 0.201 e. The van der Waals surface area contributed by atoms with E-state index in [2.05, 4.69) is 443 Å². The van der Waals surface area contributed by atoms with Gasteiger partial charge in [-0.1, -0.05) is 227 Å². The standard InChI is InChI=1S/C21H32NSi.2C20H30NSi.C19H28NSi.C17H24NSi/c1-8-17(9-2)18-11-10-16(3)20(14-18)21-15-19(23(5,6)7)12-13-22(21)4;1-15-9-10-16(20(2,3)4)13-18(15)19-14-17(22(6,7)8)11-12-21(19)5;1-15(2)12-17-9-8-16(3)19(13-17)20-14-18(22(5,6)7)10-11-21(20)4;1-14(2)16-9-8-15(3)18(12-16)19-13-17(21(5,6)7)10-11-20(19)4;1-13-7-8-14(2)16(11-13)17-12-15(19(4,5)6)9-10-18(17)3/h10-15,17H,8-9H2,1-7H3;9-14H,1-8H3;8-11,13-15H,12H2,1-7H3;8-14H,1-7H3;7-12H,1-6H3/q5*+1. The van der Waals surface area contributed by atoms with Gasteiger partial charge in [-0.3, -0.25) is 0 Å². The third kappa shape index (κ3) is 24.5. The molecule has 5 heterocycles. The summed E-state index contributed by atoms with van der Waals surface area (Å²) in [7, 11) is 4.28. The van der Waals surface area contributed by atoms with Crippen LogP contribution >= 0.6 is 0 Å². The third-order valence-electron chi connectivity index (χ3n) is 21.5. The first-order chi connectivity index (χ1) is 49.4. The van der Waals surface area contributed by atoms with Gasteiger partial charge in [0.2, 0.25) is 28.5 Å². The average molecular weight is 1520 g/mol. The molecule has 0 atom stereocenters. The van der Waals surface area contributed by atoms with Crippen molar-refractivity contribution in [1.29, 1.82) is 0 Å². The fourth-order valence-corrected chi connectivity index (χ4v) is 19.4. The highest BCUT2D eigenvalue weighted by Crippen LogP contribution is 2.33. The third-order valence-corrected chi connectivity index (χ3v) is 31.8. The molecule has 0 N–H and O–H groups in total. The van der Waals surface area contributed by atoms with Gasteiger partial charge >= 0.3 is 0 Å². The number of pyridine rings is 5. The van der Waals surface area contributed by atoms with Crippen molar-refractivity contribution in [2.45, 2.75) is 239 Å². The Bertz CT molecular complexity index is 4600. The van der Waals surface area contributed by atoms with Gasteiger partial charge in [0.15, 0.2) is 31.0 Å². The number of aryl methyl sites for hydroxylation is 11. The molecule has 572 valence electrons. The van der Waals surface area contributed by atoms with E-state index < -0.39 is 40.4 Å². The van der Waals surface area contributed by atoms with Crippen LogP contribution in [0.2, 0.25) is 98.2 Å². The minimum atomic E-state index is -1.30. The molecule has 5 aromatic heterocycles. The van der Waals surface area contributed by atoms with Crippen LogP contribution in [0.1, 0.15) is 143 Å². The van der Waals surface area contributed by atoms with Crippen molar-refractivity contribution in [3.63, 3.8) is 0 Å². The monoisotopic (exact) mass is 1520 g/mol. The second kappa shape index (κ2) is 36.6. The number of hydrogen-bond acceptors (Lipinski definition) is 0. The van der Waals surface area contributed by atoms with Gasteiger partial charge in [0.1, 0.15) is 35.2 Å².